The lowest BCUT2D eigenvalue weighted by Crippen LogP contribution is -2.20. The smallest absolute Gasteiger partial charge is 0.262 e. The van der Waals surface area contributed by atoms with Crippen molar-refractivity contribution in [2.75, 3.05) is 9.44 Å². The van der Waals surface area contributed by atoms with Crippen molar-refractivity contribution in [3.63, 3.8) is 0 Å². The highest BCUT2D eigenvalue weighted by Gasteiger charge is 2.28. The van der Waals surface area contributed by atoms with Crippen molar-refractivity contribution >= 4 is 31.4 Å². The van der Waals surface area contributed by atoms with Crippen molar-refractivity contribution in [1.82, 2.24) is 0 Å². The average Bonchev–Trinajstić information content (AvgIpc) is 2.63. The minimum Gasteiger partial charge on any atom is -0.279 e. The second kappa shape index (κ2) is 6.35. The standard InChI is InChI=1S/C20H18N2O4S2/c1-13-7-9-15(10-8-13)27(23,24)21-18-12-17-16-5-3-4-6-20(16)28(25,26)22-19(17)11-14(18)2/h3-12,21-22H,1-2H3. The van der Waals surface area contributed by atoms with Gasteiger partial charge >= 0.3 is 0 Å². The average molecular weight is 415 g/mol. The minimum absolute atomic E-state index is 0.163. The fourth-order valence-electron chi connectivity index (χ4n) is 3.17. The van der Waals surface area contributed by atoms with Crippen LogP contribution in [0.5, 0.6) is 0 Å². The summed E-state index contributed by atoms with van der Waals surface area (Å²) in [6.07, 6.45) is 0. The Morgan fingerprint density at radius 2 is 1.57 bits per heavy atom. The zero-order valence-electron chi connectivity index (χ0n) is 15.2. The Morgan fingerprint density at radius 1 is 0.893 bits per heavy atom. The fourth-order valence-corrected chi connectivity index (χ4v) is 5.58. The van der Waals surface area contributed by atoms with Crippen LogP contribution in [0.3, 0.4) is 0 Å². The van der Waals surface area contributed by atoms with Crippen LogP contribution >= 0.6 is 0 Å². The molecule has 144 valence electrons. The third kappa shape index (κ3) is 3.14. The summed E-state index contributed by atoms with van der Waals surface area (Å²) >= 11 is 0. The van der Waals surface area contributed by atoms with Gasteiger partial charge in [0, 0.05) is 11.1 Å². The van der Waals surface area contributed by atoms with E-state index in [4.69, 9.17) is 0 Å². The summed E-state index contributed by atoms with van der Waals surface area (Å²) in [5.41, 5.74) is 3.55. The van der Waals surface area contributed by atoms with Crippen molar-refractivity contribution in [2.24, 2.45) is 0 Å². The molecule has 1 heterocycles. The molecule has 3 aromatic carbocycles. The summed E-state index contributed by atoms with van der Waals surface area (Å²) in [5, 5.41) is 0. The van der Waals surface area contributed by atoms with Gasteiger partial charge in [-0.25, -0.2) is 16.8 Å². The van der Waals surface area contributed by atoms with Gasteiger partial charge in [-0.1, -0.05) is 35.9 Å². The minimum atomic E-state index is -3.77. The normalized spacial score (nSPS) is 14.5. The zero-order chi connectivity index (χ0) is 20.1. The highest BCUT2D eigenvalue weighted by molar-refractivity contribution is 7.93. The monoisotopic (exact) mass is 414 g/mol. The van der Waals surface area contributed by atoms with Gasteiger partial charge in [0.15, 0.2) is 0 Å². The van der Waals surface area contributed by atoms with E-state index in [2.05, 4.69) is 9.44 Å². The van der Waals surface area contributed by atoms with Crippen molar-refractivity contribution in [2.45, 2.75) is 23.6 Å². The Morgan fingerprint density at radius 3 is 2.29 bits per heavy atom. The van der Waals surface area contributed by atoms with Gasteiger partial charge in [0.25, 0.3) is 20.0 Å². The summed E-state index contributed by atoms with van der Waals surface area (Å²) in [4.78, 5) is 0.329. The molecule has 0 saturated heterocycles. The van der Waals surface area contributed by atoms with Crippen molar-refractivity contribution in [3.8, 4) is 11.1 Å². The second-order valence-corrected chi connectivity index (χ2v) is 10.1. The molecule has 0 aliphatic carbocycles. The first-order valence-electron chi connectivity index (χ1n) is 8.54. The number of hydrogen-bond donors (Lipinski definition) is 2. The van der Waals surface area contributed by atoms with Gasteiger partial charge in [0.1, 0.15) is 0 Å². The SMILES string of the molecule is Cc1ccc(S(=O)(=O)Nc2cc3c(cc2C)NS(=O)(=O)c2ccccc2-3)cc1. The molecule has 8 heteroatoms. The van der Waals surface area contributed by atoms with Crippen LogP contribution < -0.4 is 9.44 Å². The van der Waals surface area contributed by atoms with Crippen molar-refractivity contribution in [3.05, 3.63) is 71.8 Å². The van der Waals surface area contributed by atoms with Gasteiger partial charge in [0.2, 0.25) is 0 Å². The molecule has 0 unspecified atom stereocenters. The molecule has 0 atom stereocenters. The highest BCUT2D eigenvalue weighted by Crippen LogP contribution is 2.41. The second-order valence-electron chi connectivity index (χ2n) is 6.73. The zero-order valence-corrected chi connectivity index (χ0v) is 16.9. The molecular weight excluding hydrogens is 396 g/mol. The number of rotatable bonds is 3. The molecule has 2 N–H and O–H groups in total. The number of anilines is 2. The molecule has 0 radical (unpaired) electrons. The first-order valence-corrected chi connectivity index (χ1v) is 11.5. The van der Waals surface area contributed by atoms with Crippen LogP contribution in [0, 0.1) is 13.8 Å². The largest absolute Gasteiger partial charge is 0.279 e. The molecule has 1 aliphatic heterocycles. The van der Waals surface area contributed by atoms with Crippen LogP contribution in [0.1, 0.15) is 11.1 Å². The molecule has 0 fully saturated rings. The van der Waals surface area contributed by atoms with E-state index in [0.717, 1.165) is 5.56 Å². The number of sulfonamides is 2. The van der Waals surface area contributed by atoms with E-state index in [0.29, 0.717) is 28.1 Å². The van der Waals surface area contributed by atoms with Crippen molar-refractivity contribution in [1.29, 1.82) is 0 Å². The van der Waals surface area contributed by atoms with E-state index < -0.39 is 20.0 Å². The number of benzene rings is 3. The van der Waals surface area contributed by atoms with Gasteiger partial charge in [-0.3, -0.25) is 9.44 Å². The van der Waals surface area contributed by atoms with Crippen LogP contribution in [0.25, 0.3) is 11.1 Å². The Hall–Kier alpha value is -2.84. The van der Waals surface area contributed by atoms with Gasteiger partial charge in [-0.05, 0) is 49.7 Å². The van der Waals surface area contributed by atoms with Crippen LogP contribution in [0.2, 0.25) is 0 Å². The van der Waals surface area contributed by atoms with E-state index in [1.54, 1.807) is 61.5 Å². The Balaban J connectivity index is 1.81. The maximum atomic E-state index is 12.8. The lowest BCUT2D eigenvalue weighted by molar-refractivity contribution is 0.599. The number of hydrogen-bond acceptors (Lipinski definition) is 4. The lowest BCUT2D eigenvalue weighted by Gasteiger charge is -2.23. The molecule has 4 rings (SSSR count). The predicted molar refractivity (Wildman–Crippen MR) is 109 cm³/mol. The Kier molecular flexibility index (Phi) is 4.20. The van der Waals surface area contributed by atoms with Gasteiger partial charge in [0.05, 0.1) is 21.2 Å². The maximum Gasteiger partial charge on any atom is 0.262 e. The molecule has 0 aromatic heterocycles. The molecule has 0 amide bonds. The molecular formula is C20H18N2O4S2. The number of fused-ring (bicyclic) bond motifs is 3. The molecule has 0 saturated carbocycles. The Labute approximate surface area is 164 Å². The first kappa shape index (κ1) is 18.5. The number of aryl methyl sites for hydroxylation is 2. The van der Waals surface area contributed by atoms with E-state index in [1.807, 2.05) is 6.92 Å². The molecule has 0 bridgehead atoms. The summed E-state index contributed by atoms with van der Waals surface area (Å²) in [5.74, 6) is 0. The highest BCUT2D eigenvalue weighted by atomic mass is 32.2. The molecule has 6 nitrogen and oxygen atoms in total. The summed E-state index contributed by atoms with van der Waals surface area (Å²) in [7, 11) is -7.42. The third-order valence-electron chi connectivity index (χ3n) is 4.65. The van der Waals surface area contributed by atoms with Crippen LogP contribution in [0.4, 0.5) is 11.4 Å². The van der Waals surface area contributed by atoms with Crippen LogP contribution in [-0.4, -0.2) is 16.8 Å². The van der Waals surface area contributed by atoms with Gasteiger partial charge in [-0.15, -0.1) is 0 Å². The lowest BCUT2D eigenvalue weighted by atomic mass is 10.0. The van der Waals surface area contributed by atoms with E-state index >= 15 is 0 Å². The summed E-state index contributed by atoms with van der Waals surface area (Å²) < 4.78 is 55.6. The van der Waals surface area contributed by atoms with Crippen molar-refractivity contribution < 1.29 is 16.8 Å². The van der Waals surface area contributed by atoms with Crippen LogP contribution in [0.15, 0.2) is 70.5 Å². The van der Waals surface area contributed by atoms with Crippen LogP contribution in [-0.2, 0) is 20.0 Å². The predicted octanol–water partition coefficient (Wildman–Crippen LogP) is 3.89. The third-order valence-corrected chi connectivity index (χ3v) is 7.46. The summed E-state index contributed by atoms with van der Waals surface area (Å²) in [6.45, 7) is 3.61. The van der Waals surface area contributed by atoms with E-state index in [-0.39, 0.29) is 9.79 Å². The Bertz CT molecular complexity index is 1300. The van der Waals surface area contributed by atoms with Gasteiger partial charge in [-0.2, -0.15) is 0 Å². The van der Waals surface area contributed by atoms with Gasteiger partial charge < -0.3 is 0 Å². The van der Waals surface area contributed by atoms with E-state index in [1.165, 1.54) is 6.07 Å². The fraction of sp³-hybridized carbons (Fsp3) is 0.100. The molecule has 1 aliphatic rings. The summed E-state index contributed by atoms with van der Waals surface area (Å²) in [6, 6.07) is 16.5. The molecule has 0 spiro atoms. The molecule has 3 aromatic rings. The maximum absolute atomic E-state index is 12.8. The topological polar surface area (TPSA) is 92.3 Å². The number of nitrogens with one attached hydrogen (secondary N) is 2. The quantitative estimate of drug-likeness (QED) is 0.680. The molecule has 28 heavy (non-hydrogen) atoms. The van der Waals surface area contributed by atoms with E-state index in [9.17, 15) is 16.8 Å². The first-order chi connectivity index (χ1) is 13.2.